The quantitative estimate of drug-likeness (QED) is 0.147. The molecule has 9 heteroatoms. The zero-order valence-electron chi connectivity index (χ0n) is 38.0. The first-order chi connectivity index (χ1) is 34.9. The maximum atomic E-state index is 14.7. The molecule has 0 aliphatic rings. The molecule has 0 radical (unpaired) electrons. The van der Waals surface area contributed by atoms with Crippen LogP contribution in [0.2, 0.25) is 0 Å². The van der Waals surface area contributed by atoms with Crippen LogP contribution in [-0.4, -0.2) is 9.13 Å². The predicted molar refractivity (Wildman–Crippen MR) is 277 cm³/mol. The lowest BCUT2D eigenvalue weighted by Crippen LogP contribution is -2.11. The van der Waals surface area contributed by atoms with Crippen molar-refractivity contribution in [3.8, 4) is 73.1 Å². The third-order valence-electron chi connectivity index (χ3n) is 13.6. The molecule has 0 saturated carbocycles. The van der Waals surface area contributed by atoms with E-state index in [-0.39, 0.29) is 34.1 Å². The van der Waals surface area contributed by atoms with Gasteiger partial charge in [-0.25, -0.2) is 0 Å². The summed E-state index contributed by atoms with van der Waals surface area (Å²) in [6, 6.07) is 70.8. The number of nitriles is 1. The summed E-state index contributed by atoms with van der Waals surface area (Å²) in [6.45, 7) is 0. The Balaban J connectivity index is 1.21. The highest BCUT2D eigenvalue weighted by molar-refractivity contribution is 6.14. The van der Waals surface area contributed by atoms with Gasteiger partial charge in [-0.05, 0) is 134 Å². The summed E-state index contributed by atoms with van der Waals surface area (Å²) in [7, 11) is 0. The van der Waals surface area contributed by atoms with E-state index in [0.717, 1.165) is 78.2 Å². The van der Waals surface area contributed by atoms with Gasteiger partial charge in [0.1, 0.15) is 11.6 Å². The van der Waals surface area contributed by atoms with Crippen molar-refractivity contribution in [1.29, 1.82) is 5.26 Å². The number of nitrogens with zero attached hydrogens (tertiary/aromatic N) is 3. The fraction of sp³-hybridized carbons (Fsp3) is 0.0317. The third kappa shape index (κ3) is 7.65. The van der Waals surface area contributed by atoms with Crippen LogP contribution in [0.15, 0.2) is 224 Å². The molecule has 0 fully saturated rings. The van der Waals surface area contributed by atoms with Crippen molar-refractivity contribution in [2.75, 3.05) is 0 Å². The molecule has 346 valence electrons. The minimum atomic E-state index is -5.10. The van der Waals surface area contributed by atoms with Crippen LogP contribution in [0, 0.1) is 11.3 Å². The number of halogens is 6. The summed E-state index contributed by atoms with van der Waals surface area (Å²) in [5.74, 6) is 0. The van der Waals surface area contributed by atoms with Crippen molar-refractivity contribution in [2.45, 2.75) is 12.4 Å². The van der Waals surface area contributed by atoms with Crippen LogP contribution in [-0.2, 0) is 12.4 Å². The molecule has 72 heavy (non-hydrogen) atoms. The Morgan fingerprint density at radius 3 is 0.833 bits per heavy atom. The second kappa shape index (κ2) is 17.1. The van der Waals surface area contributed by atoms with E-state index >= 15 is 0 Å². The van der Waals surface area contributed by atoms with E-state index in [0.29, 0.717) is 22.1 Å². The van der Waals surface area contributed by atoms with Crippen molar-refractivity contribution in [3.05, 3.63) is 241 Å². The van der Waals surface area contributed by atoms with Crippen LogP contribution >= 0.6 is 0 Å². The summed E-state index contributed by atoms with van der Waals surface area (Å²) in [6.07, 6.45) is -10.2. The molecular weight excluding hydrogens is 913 g/mol. The standard InChI is InChI=1S/C63H37F6N3/c64-62(65,66)49-29-47(30-50(37-49)63(67,68)69)48-35-60(71-56-25-21-43(39-13-5-1-6-14-39)31-51(56)52-32-44(22-26-57(52)71)40-15-7-2-8-16-40)55(38-70)61(36-48)72-58-27-23-45(41-17-9-3-10-18-41)33-53(58)54-34-46(24-28-59(54)72)42-19-11-4-12-20-42/h1-37H. The summed E-state index contributed by atoms with van der Waals surface area (Å²) in [5.41, 5.74) is 7.86. The maximum Gasteiger partial charge on any atom is 0.416 e. The van der Waals surface area contributed by atoms with Crippen LogP contribution in [0.25, 0.3) is 111 Å². The molecule has 2 aromatic heterocycles. The fourth-order valence-corrected chi connectivity index (χ4v) is 10.2. The molecule has 0 aliphatic carbocycles. The molecule has 12 rings (SSSR count). The Morgan fingerprint density at radius 1 is 0.292 bits per heavy atom. The Kier molecular flexibility index (Phi) is 10.5. The molecular formula is C63H37F6N3. The molecule has 3 nitrogen and oxygen atoms in total. The molecule has 0 unspecified atom stereocenters. The molecule has 0 aliphatic heterocycles. The minimum absolute atomic E-state index is 0.0456. The van der Waals surface area contributed by atoms with Crippen molar-refractivity contribution in [3.63, 3.8) is 0 Å². The van der Waals surface area contributed by atoms with Gasteiger partial charge in [-0.3, -0.25) is 0 Å². The normalized spacial score (nSPS) is 12.0. The molecule has 0 bridgehead atoms. The van der Waals surface area contributed by atoms with Gasteiger partial charge < -0.3 is 9.13 Å². The van der Waals surface area contributed by atoms with Gasteiger partial charge in [0.25, 0.3) is 0 Å². The van der Waals surface area contributed by atoms with Crippen LogP contribution < -0.4 is 0 Å². The summed E-state index contributed by atoms with van der Waals surface area (Å²) in [5, 5.41) is 15.0. The average Bonchev–Trinajstić information content (AvgIpc) is 3.92. The number of aromatic nitrogens is 2. The van der Waals surface area contributed by atoms with Gasteiger partial charge in [-0.15, -0.1) is 0 Å². The van der Waals surface area contributed by atoms with Crippen molar-refractivity contribution in [1.82, 2.24) is 9.13 Å². The fourth-order valence-electron chi connectivity index (χ4n) is 10.2. The van der Waals surface area contributed by atoms with Gasteiger partial charge in [-0.1, -0.05) is 146 Å². The van der Waals surface area contributed by atoms with E-state index in [9.17, 15) is 31.6 Å². The van der Waals surface area contributed by atoms with E-state index in [1.165, 1.54) is 0 Å². The molecule has 0 saturated heterocycles. The summed E-state index contributed by atoms with van der Waals surface area (Å²) >= 11 is 0. The number of benzene rings is 10. The molecule has 0 amide bonds. The second-order valence-electron chi connectivity index (χ2n) is 17.9. The van der Waals surface area contributed by atoms with Gasteiger partial charge in [0.2, 0.25) is 0 Å². The van der Waals surface area contributed by atoms with Crippen molar-refractivity contribution < 1.29 is 26.3 Å². The van der Waals surface area contributed by atoms with Crippen molar-refractivity contribution >= 4 is 43.6 Å². The third-order valence-corrected chi connectivity index (χ3v) is 13.6. The van der Waals surface area contributed by atoms with Crippen LogP contribution in [0.1, 0.15) is 16.7 Å². The Hall–Kier alpha value is -9.13. The predicted octanol–water partition coefficient (Wildman–Crippen LogP) is 18.1. The topological polar surface area (TPSA) is 33.6 Å². The lowest BCUT2D eigenvalue weighted by Gasteiger charge is -2.20. The number of alkyl halides is 6. The maximum absolute atomic E-state index is 14.7. The number of fused-ring (bicyclic) bond motifs is 6. The number of hydrogen-bond donors (Lipinski definition) is 0. The van der Waals surface area contributed by atoms with E-state index in [4.69, 9.17) is 0 Å². The first kappa shape index (κ1) is 44.1. The zero-order chi connectivity index (χ0) is 49.3. The summed E-state index contributed by atoms with van der Waals surface area (Å²) < 4.78 is 91.9. The van der Waals surface area contributed by atoms with E-state index < -0.39 is 23.5 Å². The van der Waals surface area contributed by atoms with Crippen LogP contribution in [0.4, 0.5) is 26.3 Å². The first-order valence-corrected chi connectivity index (χ1v) is 23.2. The Morgan fingerprint density at radius 2 is 0.569 bits per heavy atom. The largest absolute Gasteiger partial charge is 0.416 e. The van der Waals surface area contributed by atoms with Crippen LogP contribution in [0.5, 0.6) is 0 Å². The Labute approximate surface area is 409 Å². The number of hydrogen-bond acceptors (Lipinski definition) is 1. The molecule has 12 aromatic rings. The average molecular weight is 950 g/mol. The smallest absolute Gasteiger partial charge is 0.308 e. The highest BCUT2D eigenvalue weighted by Gasteiger charge is 2.37. The molecule has 0 atom stereocenters. The van der Waals surface area contributed by atoms with Gasteiger partial charge in [0.05, 0.1) is 44.6 Å². The lowest BCUT2D eigenvalue weighted by molar-refractivity contribution is -0.143. The highest BCUT2D eigenvalue weighted by atomic mass is 19.4. The molecule has 10 aromatic carbocycles. The first-order valence-electron chi connectivity index (χ1n) is 23.2. The van der Waals surface area contributed by atoms with Gasteiger partial charge in [-0.2, -0.15) is 31.6 Å². The van der Waals surface area contributed by atoms with E-state index in [1.54, 1.807) is 12.1 Å². The lowest BCUT2D eigenvalue weighted by atomic mass is 9.96. The monoisotopic (exact) mass is 949 g/mol. The molecule has 2 heterocycles. The summed E-state index contributed by atoms with van der Waals surface area (Å²) in [4.78, 5) is 0. The SMILES string of the molecule is N#Cc1c(-n2c3ccc(-c4ccccc4)cc3c3cc(-c4ccccc4)ccc32)cc(-c2cc(C(F)(F)F)cc(C(F)(F)F)c2)cc1-n1c2ccc(-c3ccccc3)cc2c2cc(-c3ccccc3)ccc21. The molecule has 0 N–H and O–H groups in total. The van der Waals surface area contributed by atoms with E-state index in [2.05, 4.69) is 30.3 Å². The number of rotatable bonds is 7. The minimum Gasteiger partial charge on any atom is -0.308 e. The Bertz CT molecular complexity index is 3660. The zero-order valence-corrected chi connectivity index (χ0v) is 38.0. The highest BCUT2D eigenvalue weighted by Crippen LogP contribution is 2.45. The van der Waals surface area contributed by atoms with Crippen LogP contribution in [0.3, 0.4) is 0 Å². The molecule has 0 spiro atoms. The van der Waals surface area contributed by atoms with Gasteiger partial charge in [0, 0.05) is 21.5 Å². The van der Waals surface area contributed by atoms with Gasteiger partial charge in [0.15, 0.2) is 0 Å². The van der Waals surface area contributed by atoms with Gasteiger partial charge >= 0.3 is 12.4 Å². The van der Waals surface area contributed by atoms with E-state index in [1.807, 2.05) is 179 Å². The second-order valence-corrected chi connectivity index (χ2v) is 17.9. The van der Waals surface area contributed by atoms with Crippen molar-refractivity contribution in [2.24, 2.45) is 0 Å².